The minimum atomic E-state index is -2.48. The molecule has 0 bridgehead atoms. The highest BCUT2D eigenvalue weighted by Gasteiger charge is 2.35. The minimum absolute atomic E-state index is 0.00156. The third kappa shape index (κ3) is 3.96. The number of hydrogen-bond donors (Lipinski definition) is 0. The second kappa shape index (κ2) is 8.02. The summed E-state index contributed by atoms with van der Waals surface area (Å²) in [6, 6.07) is 2.11. The molecule has 6 heteroatoms. The van der Waals surface area contributed by atoms with Gasteiger partial charge >= 0.3 is 0 Å². The molecule has 152 valence electrons. The summed E-state index contributed by atoms with van der Waals surface area (Å²) >= 11 is 0. The lowest BCUT2D eigenvalue weighted by Crippen LogP contribution is -2.26. The van der Waals surface area contributed by atoms with E-state index in [1.54, 1.807) is 0 Å². The zero-order valence-corrected chi connectivity index (χ0v) is 17.4. The van der Waals surface area contributed by atoms with Gasteiger partial charge in [-0.05, 0) is 51.2 Å². The molecule has 4 nitrogen and oxygen atoms in total. The first kappa shape index (κ1) is 20.5. The fourth-order valence-corrected chi connectivity index (χ4v) is 4.08. The second-order valence-electron chi connectivity index (χ2n) is 7.55. The van der Waals surface area contributed by atoms with Crippen LogP contribution in [0.15, 0.2) is 23.0 Å². The molecule has 0 amide bonds. The lowest BCUT2D eigenvalue weighted by atomic mass is 9.87. The molecular weight excluding hydrogens is 360 g/mol. The van der Waals surface area contributed by atoms with Gasteiger partial charge in [0, 0.05) is 42.9 Å². The first-order chi connectivity index (χ1) is 13.3. The van der Waals surface area contributed by atoms with Crippen molar-refractivity contribution in [2.24, 2.45) is 5.92 Å². The molecule has 0 unspecified atom stereocenters. The van der Waals surface area contributed by atoms with E-state index in [4.69, 9.17) is 4.52 Å². The van der Waals surface area contributed by atoms with E-state index in [1.165, 1.54) is 0 Å². The van der Waals surface area contributed by atoms with E-state index >= 15 is 0 Å². The molecule has 28 heavy (non-hydrogen) atoms. The van der Waals surface area contributed by atoms with Gasteiger partial charge in [0.25, 0.3) is 0 Å². The molecule has 1 saturated carbocycles. The zero-order chi connectivity index (χ0) is 20.5. The third-order valence-corrected chi connectivity index (χ3v) is 5.51. The summed E-state index contributed by atoms with van der Waals surface area (Å²) in [6.45, 7) is 10.6. The number of rotatable bonds is 3. The highest BCUT2D eigenvalue weighted by Crippen LogP contribution is 2.37. The molecule has 3 aromatic heterocycles. The summed E-state index contributed by atoms with van der Waals surface area (Å²) in [5.74, 6) is -1.43. The van der Waals surface area contributed by atoms with Crippen LogP contribution in [0.4, 0.5) is 8.78 Å². The van der Waals surface area contributed by atoms with Crippen molar-refractivity contribution in [3.63, 3.8) is 0 Å². The number of aryl methyl sites for hydroxylation is 3. The molecule has 0 spiro atoms. The largest absolute Gasteiger partial charge is 0.361 e. The van der Waals surface area contributed by atoms with E-state index in [0.717, 1.165) is 45.7 Å². The number of pyridine rings is 1. The Bertz CT molecular complexity index is 929. The van der Waals surface area contributed by atoms with Gasteiger partial charge in [0.15, 0.2) is 0 Å². The van der Waals surface area contributed by atoms with Crippen LogP contribution in [0.3, 0.4) is 0 Å². The van der Waals surface area contributed by atoms with E-state index in [-0.39, 0.29) is 18.8 Å². The summed E-state index contributed by atoms with van der Waals surface area (Å²) in [6.07, 6.45) is 5.08. The van der Waals surface area contributed by atoms with Gasteiger partial charge < -0.3 is 9.09 Å². The predicted molar refractivity (Wildman–Crippen MR) is 108 cm³/mol. The van der Waals surface area contributed by atoms with Crippen LogP contribution in [0.1, 0.15) is 56.5 Å². The number of hydrogen-bond acceptors (Lipinski definition) is 3. The number of aromatic nitrogens is 3. The van der Waals surface area contributed by atoms with Gasteiger partial charge in [0.2, 0.25) is 5.92 Å². The third-order valence-electron chi connectivity index (χ3n) is 5.51. The Balaban J connectivity index is 0.00000109. The van der Waals surface area contributed by atoms with Gasteiger partial charge in [-0.1, -0.05) is 19.0 Å². The van der Waals surface area contributed by atoms with Crippen molar-refractivity contribution in [2.75, 3.05) is 0 Å². The average molecular weight is 389 g/mol. The maximum Gasteiger partial charge on any atom is 0.248 e. The number of fused-ring (bicyclic) bond motifs is 1. The van der Waals surface area contributed by atoms with Crippen molar-refractivity contribution in [1.29, 1.82) is 0 Å². The molecule has 4 rings (SSSR count). The van der Waals surface area contributed by atoms with Crippen LogP contribution < -0.4 is 0 Å². The molecule has 0 N–H and O–H groups in total. The average Bonchev–Trinajstić information content (AvgIpc) is 3.17. The van der Waals surface area contributed by atoms with Crippen LogP contribution in [0, 0.1) is 26.7 Å². The Morgan fingerprint density at radius 1 is 1.18 bits per heavy atom. The first-order valence-corrected chi connectivity index (χ1v) is 10.1. The van der Waals surface area contributed by atoms with Crippen LogP contribution in [0.5, 0.6) is 0 Å². The molecule has 1 aliphatic carbocycles. The summed E-state index contributed by atoms with van der Waals surface area (Å²) in [4.78, 5) is 4.65. The van der Waals surface area contributed by atoms with Crippen LogP contribution in [0.2, 0.25) is 0 Å². The maximum atomic E-state index is 13.4. The van der Waals surface area contributed by atoms with E-state index in [2.05, 4.69) is 27.0 Å². The lowest BCUT2D eigenvalue weighted by molar-refractivity contribution is -0.0472. The topological polar surface area (TPSA) is 43.9 Å². The molecule has 0 radical (unpaired) electrons. The molecular formula is C22H29F2N3O. The Kier molecular flexibility index (Phi) is 5.87. The minimum Gasteiger partial charge on any atom is -0.361 e. The SMILES string of the molecule is CC.Cc1noc(C)c1-c1cnc2c(C)cn(CC3CCC(F)(F)CC3)c2c1. The van der Waals surface area contributed by atoms with Crippen LogP contribution in [0.25, 0.3) is 22.2 Å². The van der Waals surface area contributed by atoms with Crippen LogP contribution in [-0.2, 0) is 6.54 Å². The van der Waals surface area contributed by atoms with Gasteiger partial charge in [-0.2, -0.15) is 0 Å². The van der Waals surface area contributed by atoms with Gasteiger partial charge in [-0.15, -0.1) is 0 Å². The quantitative estimate of drug-likeness (QED) is 0.516. The molecule has 1 fully saturated rings. The summed E-state index contributed by atoms with van der Waals surface area (Å²) < 4.78 is 34.3. The first-order valence-electron chi connectivity index (χ1n) is 10.1. The van der Waals surface area contributed by atoms with Crippen LogP contribution >= 0.6 is 0 Å². The molecule has 3 aromatic rings. The van der Waals surface area contributed by atoms with Crippen molar-refractivity contribution in [2.45, 2.75) is 72.8 Å². The number of halogens is 2. The summed E-state index contributed by atoms with van der Waals surface area (Å²) in [5, 5.41) is 4.03. The van der Waals surface area contributed by atoms with E-state index in [9.17, 15) is 8.78 Å². The Morgan fingerprint density at radius 2 is 1.86 bits per heavy atom. The molecule has 3 heterocycles. The Labute approximate surface area is 164 Å². The Morgan fingerprint density at radius 3 is 2.46 bits per heavy atom. The van der Waals surface area contributed by atoms with E-state index < -0.39 is 5.92 Å². The second-order valence-corrected chi connectivity index (χ2v) is 7.55. The summed E-state index contributed by atoms with van der Waals surface area (Å²) in [5.41, 5.74) is 5.89. The maximum absolute atomic E-state index is 13.4. The fourth-order valence-electron chi connectivity index (χ4n) is 4.08. The van der Waals surface area contributed by atoms with E-state index in [1.807, 2.05) is 40.8 Å². The van der Waals surface area contributed by atoms with E-state index in [0.29, 0.717) is 12.8 Å². The molecule has 1 aliphatic rings. The van der Waals surface area contributed by atoms with Crippen LogP contribution in [-0.4, -0.2) is 20.6 Å². The lowest BCUT2D eigenvalue weighted by Gasteiger charge is -2.28. The molecule has 0 saturated heterocycles. The number of nitrogens with zero attached hydrogens (tertiary/aromatic N) is 3. The van der Waals surface area contributed by atoms with Gasteiger partial charge in [0.1, 0.15) is 5.76 Å². The molecule has 0 atom stereocenters. The van der Waals surface area contributed by atoms with Gasteiger partial charge in [0.05, 0.1) is 16.7 Å². The highest BCUT2D eigenvalue weighted by molar-refractivity contribution is 5.84. The zero-order valence-electron chi connectivity index (χ0n) is 17.4. The van der Waals surface area contributed by atoms with Crippen molar-refractivity contribution in [1.82, 2.24) is 14.7 Å². The normalized spacial score (nSPS) is 16.8. The van der Waals surface area contributed by atoms with Crippen molar-refractivity contribution >= 4 is 11.0 Å². The fraction of sp³-hybridized carbons (Fsp3) is 0.545. The number of alkyl halides is 2. The van der Waals surface area contributed by atoms with Crippen molar-refractivity contribution in [3.8, 4) is 11.1 Å². The monoisotopic (exact) mass is 389 g/mol. The smallest absolute Gasteiger partial charge is 0.248 e. The van der Waals surface area contributed by atoms with Gasteiger partial charge in [-0.3, -0.25) is 4.98 Å². The van der Waals surface area contributed by atoms with Crippen molar-refractivity contribution < 1.29 is 13.3 Å². The summed E-state index contributed by atoms with van der Waals surface area (Å²) in [7, 11) is 0. The van der Waals surface area contributed by atoms with Gasteiger partial charge in [-0.25, -0.2) is 8.78 Å². The Hall–Kier alpha value is -2.24. The molecule has 0 aliphatic heterocycles. The molecule has 0 aromatic carbocycles. The highest BCUT2D eigenvalue weighted by atomic mass is 19.3. The standard InChI is InChI=1S/C20H23F2N3O.C2H6/c1-12-10-25(11-15-4-6-20(21,22)7-5-15)17-8-16(9-23-19(12)17)18-13(2)24-26-14(18)3;1-2/h8-10,15H,4-7,11H2,1-3H3;1-2H3. The predicted octanol–water partition coefficient (Wildman–Crippen LogP) is 6.47. The van der Waals surface area contributed by atoms with Crippen molar-refractivity contribution in [3.05, 3.63) is 35.5 Å².